The summed E-state index contributed by atoms with van der Waals surface area (Å²) in [6.45, 7) is 6.80. The fourth-order valence-corrected chi connectivity index (χ4v) is 4.09. The Hall–Kier alpha value is -3.17. The van der Waals surface area contributed by atoms with Gasteiger partial charge in [0.1, 0.15) is 5.60 Å². The number of hydrogen-bond donors (Lipinski definition) is 2. The van der Waals surface area contributed by atoms with Crippen LogP contribution in [0.2, 0.25) is 0 Å². The van der Waals surface area contributed by atoms with Crippen LogP contribution in [0.15, 0.2) is 12.1 Å². The first kappa shape index (κ1) is 24.5. The first-order valence-corrected chi connectivity index (χ1v) is 11.1. The van der Waals surface area contributed by atoms with Crippen molar-refractivity contribution in [2.24, 2.45) is 5.92 Å². The highest BCUT2D eigenvalue weighted by molar-refractivity contribution is 5.98. The van der Waals surface area contributed by atoms with Gasteiger partial charge in [0.2, 0.25) is 11.8 Å². The van der Waals surface area contributed by atoms with Crippen LogP contribution in [0.1, 0.15) is 56.0 Å². The third-order valence-electron chi connectivity index (χ3n) is 5.82. The Labute approximate surface area is 191 Å². The molecule has 2 heterocycles. The second kappa shape index (κ2) is 9.76. The molecule has 3 amide bonds. The second-order valence-corrected chi connectivity index (χ2v) is 9.37. The van der Waals surface area contributed by atoms with Crippen LogP contribution in [0.25, 0.3) is 0 Å². The Bertz CT molecular complexity index is 950. The Morgan fingerprint density at radius 3 is 2.42 bits per heavy atom. The molecule has 0 aliphatic carbocycles. The molecular formula is C23H30FN3O6. The van der Waals surface area contributed by atoms with Gasteiger partial charge >= 0.3 is 12.1 Å². The zero-order valence-corrected chi connectivity index (χ0v) is 19.1. The maximum atomic E-state index is 15.5. The van der Waals surface area contributed by atoms with E-state index in [-0.39, 0.29) is 42.0 Å². The lowest BCUT2D eigenvalue weighted by Crippen LogP contribution is -2.50. The standard InChI is InChI=1S/C23H30FN3O6/c1-23(2,3)33-22(32)27-12-10-26(11-13-27)17-8-7-16(21(30)31)15(19(17)24)6-4-14-5-9-18(28)25-20(14)29/h7-8,14H,4-6,9-13H2,1-3H3,(H,30,31)(H,25,28,29). The van der Waals surface area contributed by atoms with Crippen LogP contribution < -0.4 is 10.2 Å². The van der Waals surface area contributed by atoms with Crippen molar-refractivity contribution in [1.82, 2.24) is 10.2 Å². The van der Waals surface area contributed by atoms with Crippen LogP contribution in [0.5, 0.6) is 0 Å². The molecule has 10 heteroatoms. The fourth-order valence-electron chi connectivity index (χ4n) is 4.09. The van der Waals surface area contributed by atoms with Crippen LogP contribution in [-0.4, -0.2) is 65.7 Å². The number of benzene rings is 1. The lowest BCUT2D eigenvalue weighted by molar-refractivity contribution is -0.136. The van der Waals surface area contributed by atoms with E-state index in [4.69, 9.17) is 4.74 Å². The number of nitrogens with zero attached hydrogens (tertiary/aromatic N) is 2. The molecule has 0 radical (unpaired) electrons. The van der Waals surface area contributed by atoms with Gasteiger partial charge in [-0.1, -0.05) is 0 Å². The zero-order chi connectivity index (χ0) is 24.3. The van der Waals surface area contributed by atoms with E-state index >= 15 is 4.39 Å². The zero-order valence-electron chi connectivity index (χ0n) is 19.1. The highest BCUT2D eigenvalue weighted by Gasteiger charge is 2.30. The maximum Gasteiger partial charge on any atom is 0.410 e. The molecule has 0 aromatic heterocycles. The number of carboxylic acids is 1. The van der Waals surface area contributed by atoms with Gasteiger partial charge < -0.3 is 19.6 Å². The van der Waals surface area contributed by atoms with Crippen molar-refractivity contribution in [2.75, 3.05) is 31.1 Å². The summed E-state index contributed by atoms with van der Waals surface area (Å²) in [5.74, 6) is -3.08. The van der Waals surface area contributed by atoms with Crippen LogP contribution >= 0.6 is 0 Å². The van der Waals surface area contributed by atoms with Gasteiger partial charge in [0.05, 0.1) is 11.3 Å². The fraction of sp³-hybridized carbons (Fsp3) is 0.565. The summed E-state index contributed by atoms with van der Waals surface area (Å²) in [5.41, 5.74) is -0.443. The molecule has 1 atom stereocenters. The number of piperazine rings is 1. The predicted octanol–water partition coefficient (Wildman–Crippen LogP) is 2.57. The monoisotopic (exact) mass is 463 g/mol. The Morgan fingerprint density at radius 1 is 1.18 bits per heavy atom. The highest BCUT2D eigenvalue weighted by Crippen LogP contribution is 2.29. The number of carboxylic acid groups (broad SMARTS) is 1. The van der Waals surface area contributed by atoms with Crippen molar-refractivity contribution in [3.63, 3.8) is 0 Å². The van der Waals surface area contributed by atoms with Gasteiger partial charge in [-0.3, -0.25) is 14.9 Å². The third-order valence-corrected chi connectivity index (χ3v) is 5.82. The van der Waals surface area contributed by atoms with Gasteiger partial charge in [-0.05, 0) is 52.2 Å². The van der Waals surface area contributed by atoms with Crippen molar-refractivity contribution < 1.29 is 33.4 Å². The third kappa shape index (κ3) is 6.00. The Kier molecular flexibility index (Phi) is 7.24. The number of nitrogens with one attached hydrogen (secondary N) is 1. The predicted molar refractivity (Wildman–Crippen MR) is 118 cm³/mol. The van der Waals surface area contributed by atoms with E-state index in [1.165, 1.54) is 12.1 Å². The molecule has 9 nitrogen and oxygen atoms in total. The molecule has 1 aromatic rings. The van der Waals surface area contributed by atoms with E-state index in [0.717, 1.165) is 0 Å². The second-order valence-electron chi connectivity index (χ2n) is 9.37. The Morgan fingerprint density at radius 2 is 1.85 bits per heavy atom. The van der Waals surface area contributed by atoms with Crippen molar-refractivity contribution >= 4 is 29.6 Å². The van der Waals surface area contributed by atoms with Crippen molar-refractivity contribution in [1.29, 1.82) is 0 Å². The molecule has 1 aromatic carbocycles. The van der Waals surface area contributed by atoms with Gasteiger partial charge in [-0.15, -0.1) is 0 Å². The number of halogens is 1. The number of hydrogen-bond acceptors (Lipinski definition) is 6. The summed E-state index contributed by atoms with van der Waals surface area (Å²) in [6.07, 6.45) is 0.458. The molecule has 0 spiro atoms. The topological polar surface area (TPSA) is 116 Å². The first-order valence-electron chi connectivity index (χ1n) is 11.1. The molecule has 0 saturated carbocycles. The minimum absolute atomic E-state index is 0.0410. The van der Waals surface area contributed by atoms with E-state index < -0.39 is 35.3 Å². The number of ether oxygens (including phenoxy) is 1. The normalized spacial score (nSPS) is 19.3. The quantitative estimate of drug-likeness (QED) is 0.645. The summed E-state index contributed by atoms with van der Waals surface area (Å²) in [7, 11) is 0. The van der Waals surface area contributed by atoms with E-state index in [1.807, 2.05) is 0 Å². The van der Waals surface area contributed by atoms with Gasteiger partial charge in [-0.2, -0.15) is 0 Å². The maximum absolute atomic E-state index is 15.5. The number of carbonyl (C=O) groups excluding carboxylic acids is 3. The largest absolute Gasteiger partial charge is 0.478 e. The Balaban J connectivity index is 1.72. The summed E-state index contributed by atoms with van der Waals surface area (Å²) in [4.78, 5) is 50.7. The molecule has 2 aliphatic rings. The van der Waals surface area contributed by atoms with E-state index in [2.05, 4.69) is 5.32 Å². The molecule has 1 unspecified atom stereocenters. The van der Waals surface area contributed by atoms with E-state index in [1.54, 1.807) is 30.6 Å². The van der Waals surface area contributed by atoms with Gasteiger partial charge in [0.25, 0.3) is 0 Å². The number of imide groups is 1. The van der Waals surface area contributed by atoms with Crippen molar-refractivity contribution in [2.45, 2.75) is 52.1 Å². The van der Waals surface area contributed by atoms with Gasteiger partial charge in [-0.25, -0.2) is 14.0 Å². The number of anilines is 1. The molecule has 2 saturated heterocycles. The number of aromatic carboxylic acids is 1. The molecular weight excluding hydrogens is 433 g/mol. The highest BCUT2D eigenvalue weighted by atomic mass is 19.1. The minimum atomic E-state index is -1.24. The minimum Gasteiger partial charge on any atom is -0.478 e. The number of rotatable bonds is 5. The van der Waals surface area contributed by atoms with Crippen molar-refractivity contribution in [3.8, 4) is 0 Å². The van der Waals surface area contributed by atoms with Crippen LogP contribution in [0, 0.1) is 11.7 Å². The summed E-state index contributed by atoms with van der Waals surface area (Å²) in [6, 6.07) is 2.82. The average Bonchev–Trinajstić information content (AvgIpc) is 2.72. The molecule has 0 bridgehead atoms. The summed E-state index contributed by atoms with van der Waals surface area (Å²) < 4.78 is 20.9. The number of piperidine rings is 1. The van der Waals surface area contributed by atoms with Crippen molar-refractivity contribution in [3.05, 3.63) is 29.1 Å². The van der Waals surface area contributed by atoms with Gasteiger partial charge in [0.15, 0.2) is 5.82 Å². The van der Waals surface area contributed by atoms with Gasteiger partial charge in [0, 0.05) is 44.1 Å². The lowest BCUT2D eigenvalue weighted by Gasteiger charge is -2.37. The van der Waals surface area contributed by atoms with E-state index in [9.17, 15) is 24.3 Å². The lowest BCUT2D eigenvalue weighted by atomic mass is 9.90. The van der Waals surface area contributed by atoms with Crippen LogP contribution in [0.4, 0.5) is 14.9 Å². The first-order chi connectivity index (χ1) is 15.5. The molecule has 2 fully saturated rings. The summed E-state index contributed by atoms with van der Waals surface area (Å²) >= 11 is 0. The smallest absolute Gasteiger partial charge is 0.410 e. The molecule has 180 valence electrons. The van der Waals surface area contributed by atoms with Crippen LogP contribution in [-0.2, 0) is 20.7 Å². The van der Waals surface area contributed by atoms with Crippen LogP contribution in [0.3, 0.4) is 0 Å². The SMILES string of the molecule is CC(C)(C)OC(=O)N1CCN(c2ccc(C(=O)O)c(CCC3CCC(=O)NC3=O)c2F)CC1. The molecule has 3 rings (SSSR count). The number of carbonyl (C=O) groups is 4. The summed E-state index contributed by atoms with van der Waals surface area (Å²) in [5, 5.41) is 11.8. The number of amides is 3. The molecule has 2 aliphatic heterocycles. The molecule has 2 N–H and O–H groups in total. The average molecular weight is 464 g/mol. The molecule has 33 heavy (non-hydrogen) atoms. The van der Waals surface area contributed by atoms with E-state index in [0.29, 0.717) is 32.6 Å².